The van der Waals surface area contributed by atoms with Gasteiger partial charge in [-0.3, -0.25) is 4.79 Å². The SMILES string of the molecule is CC(CN)CC(=O)N1CCCC(C)(C)C1C(=O)O. The van der Waals surface area contributed by atoms with Crippen LogP contribution in [0, 0.1) is 11.3 Å². The first-order valence-electron chi connectivity index (χ1n) is 6.52. The van der Waals surface area contributed by atoms with Gasteiger partial charge in [0.05, 0.1) is 0 Å². The van der Waals surface area contributed by atoms with E-state index in [2.05, 4.69) is 0 Å². The molecule has 2 unspecified atom stereocenters. The van der Waals surface area contributed by atoms with E-state index in [4.69, 9.17) is 5.73 Å². The minimum absolute atomic E-state index is 0.0897. The molecular formula is C13H24N2O3. The predicted molar refractivity (Wildman–Crippen MR) is 69.0 cm³/mol. The van der Waals surface area contributed by atoms with E-state index < -0.39 is 12.0 Å². The number of rotatable bonds is 4. The summed E-state index contributed by atoms with van der Waals surface area (Å²) in [7, 11) is 0. The minimum Gasteiger partial charge on any atom is -0.480 e. The maximum atomic E-state index is 12.2. The molecular weight excluding hydrogens is 232 g/mol. The molecule has 0 aromatic carbocycles. The number of nitrogens with zero attached hydrogens (tertiary/aromatic N) is 1. The van der Waals surface area contributed by atoms with Gasteiger partial charge in [-0.25, -0.2) is 4.79 Å². The van der Waals surface area contributed by atoms with Crippen LogP contribution in [0.3, 0.4) is 0 Å². The lowest BCUT2D eigenvalue weighted by atomic mass is 9.76. The van der Waals surface area contributed by atoms with Crippen molar-refractivity contribution in [3.8, 4) is 0 Å². The number of amides is 1. The number of carbonyl (C=O) groups is 2. The number of piperidine rings is 1. The molecule has 5 heteroatoms. The number of carboxylic acid groups (broad SMARTS) is 1. The molecule has 1 heterocycles. The molecule has 2 atom stereocenters. The monoisotopic (exact) mass is 256 g/mol. The summed E-state index contributed by atoms with van der Waals surface area (Å²) in [5.74, 6) is -0.904. The van der Waals surface area contributed by atoms with Crippen molar-refractivity contribution >= 4 is 11.9 Å². The van der Waals surface area contributed by atoms with Crippen molar-refractivity contribution in [2.75, 3.05) is 13.1 Å². The molecule has 1 fully saturated rings. The van der Waals surface area contributed by atoms with Gasteiger partial charge in [0.1, 0.15) is 6.04 Å². The smallest absolute Gasteiger partial charge is 0.326 e. The Balaban J connectivity index is 2.84. The third-order valence-electron chi connectivity index (χ3n) is 3.75. The Bertz CT molecular complexity index is 328. The van der Waals surface area contributed by atoms with E-state index in [1.165, 1.54) is 4.90 Å². The van der Waals surface area contributed by atoms with Gasteiger partial charge in [-0.2, -0.15) is 0 Å². The van der Waals surface area contributed by atoms with Crippen LogP contribution < -0.4 is 5.73 Å². The first-order valence-corrected chi connectivity index (χ1v) is 6.52. The fraction of sp³-hybridized carbons (Fsp3) is 0.846. The molecule has 1 saturated heterocycles. The lowest BCUT2D eigenvalue weighted by Gasteiger charge is -2.44. The van der Waals surface area contributed by atoms with E-state index in [0.717, 1.165) is 12.8 Å². The number of aliphatic carboxylic acids is 1. The molecule has 104 valence electrons. The number of nitrogens with two attached hydrogens (primary N) is 1. The van der Waals surface area contributed by atoms with E-state index >= 15 is 0 Å². The number of carbonyl (C=O) groups excluding carboxylic acids is 1. The first kappa shape index (κ1) is 15.0. The molecule has 3 N–H and O–H groups in total. The zero-order valence-corrected chi connectivity index (χ0v) is 11.5. The molecule has 18 heavy (non-hydrogen) atoms. The highest BCUT2D eigenvalue weighted by molar-refractivity contribution is 5.84. The number of hydrogen-bond acceptors (Lipinski definition) is 3. The van der Waals surface area contributed by atoms with Crippen LogP contribution >= 0.6 is 0 Å². The van der Waals surface area contributed by atoms with Gasteiger partial charge in [0.2, 0.25) is 5.91 Å². The van der Waals surface area contributed by atoms with E-state index in [0.29, 0.717) is 19.5 Å². The molecule has 0 aromatic rings. The topological polar surface area (TPSA) is 83.6 Å². The molecule has 0 saturated carbocycles. The fourth-order valence-electron chi connectivity index (χ4n) is 2.63. The Hall–Kier alpha value is -1.10. The van der Waals surface area contributed by atoms with Crippen LogP contribution in [-0.2, 0) is 9.59 Å². The van der Waals surface area contributed by atoms with Gasteiger partial charge in [0, 0.05) is 13.0 Å². The average molecular weight is 256 g/mol. The molecule has 0 bridgehead atoms. The Labute approximate surface area is 108 Å². The van der Waals surface area contributed by atoms with E-state index in [-0.39, 0.29) is 17.2 Å². The predicted octanol–water partition coefficient (Wildman–Crippen LogP) is 1.07. The van der Waals surface area contributed by atoms with Crippen LogP contribution in [0.4, 0.5) is 0 Å². The van der Waals surface area contributed by atoms with Gasteiger partial charge in [0.15, 0.2) is 0 Å². The van der Waals surface area contributed by atoms with Crippen molar-refractivity contribution in [2.24, 2.45) is 17.1 Å². The molecule has 0 spiro atoms. The maximum Gasteiger partial charge on any atom is 0.326 e. The van der Waals surface area contributed by atoms with Crippen molar-refractivity contribution < 1.29 is 14.7 Å². The van der Waals surface area contributed by atoms with Gasteiger partial charge < -0.3 is 15.7 Å². The molecule has 0 radical (unpaired) electrons. The van der Waals surface area contributed by atoms with Crippen LogP contribution in [-0.4, -0.2) is 41.0 Å². The Morgan fingerprint density at radius 3 is 2.61 bits per heavy atom. The van der Waals surface area contributed by atoms with Gasteiger partial charge in [-0.15, -0.1) is 0 Å². The second kappa shape index (κ2) is 5.69. The van der Waals surface area contributed by atoms with Crippen LogP contribution in [0.2, 0.25) is 0 Å². The Morgan fingerprint density at radius 1 is 1.50 bits per heavy atom. The molecule has 1 amide bonds. The third kappa shape index (κ3) is 3.22. The Kier molecular flexibility index (Phi) is 4.73. The second-order valence-electron chi connectivity index (χ2n) is 5.97. The van der Waals surface area contributed by atoms with Crippen molar-refractivity contribution in [1.29, 1.82) is 0 Å². The fourth-order valence-corrected chi connectivity index (χ4v) is 2.63. The number of carboxylic acids is 1. The molecule has 1 aliphatic heterocycles. The van der Waals surface area contributed by atoms with E-state index in [1.807, 2.05) is 20.8 Å². The number of hydrogen-bond donors (Lipinski definition) is 2. The highest BCUT2D eigenvalue weighted by Crippen LogP contribution is 2.35. The highest BCUT2D eigenvalue weighted by Gasteiger charge is 2.44. The largest absolute Gasteiger partial charge is 0.480 e. The van der Waals surface area contributed by atoms with Gasteiger partial charge >= 0.3 is 5.97 Å². The normalized spacial score (nSPS) is 24.7. The van der Waals surface area contributed by atoms with Crippen molar-refractivity contribution in [2.45, 2.75) is 46.1 Å². The quantitative estimate of drug-likeness (QED) is 0.788. The summed E-state index contributed by atoms with van der Waals surface area (Å²) in [6, 6.07) is -0.719. The third-order valence-corrected chi connectivity index (χ3v) is 3.75. The summed E-state index contributed by atoms with van der Waals surface area (Å²) in [5.41, 5.74) is 5.14. The lowest BCUT2D eigenvalue weighted by molar-refractivity contribution is -0.159. The molecule has 1 aliphatic rings. The summed E-state index contributed by atoms with van der Waals surface area (Å²) in [4.78, 5) is 25.1. The summed E-state index contributed by atoms with van der Waals surface area (Å²) >= 11 is 0. The first-order chi connectivity index (χ1) is 8.29. The standard InChI is InChI=1S/C13H24N2O3/c1-9(8-14)7-10(16)15-6-4-5-13(2,3)11(15)12(17)18/h9,11H,4-8,14H2,1-3H3,(H,17,18). The summed E-state index contributed by atoms with van der Waals surface area (Å²) in [5, 5.41) is 9.37. The molecule has 0 aromatic heterocycles. The van der Waals surface area contributed by atoms with Gasteiger partial charge in [-0.05, 0) is 30.7 Å². The van der Waals surface area contributed by atoms with Crippen LogP contribution in [0.25, 0.3) is 0 Å². The summed E-state index contributed by atoms with van der Waals surface area (Å²) in [6.07, 6.45) is 2.02. The van der Waals surface area contributed by atoms with Gasteiger partial charge in [-0.1, -0.05) is 20.8 Å². The Morgan fingerprint density at radius 2 is 2.11 bits per heavy atom. The van der Waals surface area contributed by atoms with Gasteiger partial charge in [0.25, 0.3) is 0 Å². The van der Waals surface area contributed by atoms with Crippen LogP contribution in [0.15, 0.2) is 0 Å². The summed E-state index contributed by atoms with van der Waals surface area (Å²) in [6.45, 7) is 6.72. The molecule has 1 rings (SSSR count). The van der Waals surface area contributed by atoms with E-state index in [1.54, 1.807) is 0 Å². The highest BCUT2D eigenvalue weighted by atomic mass is 16.4. The zero-order valence-electron chi connectivity index (χ0n) is 11.5. The van der Waals surface area contributed by atoms with Crippen molar-refractivity contribution in [3.63, 3.8) is 0 Å². The lowest BCUT2D eigenvalue weighted by Crippen LogP contribution is -2.56. The molecule has 0 aliphatic carbocycles. The van der Waals surface area contributed by atoms with Crippen LogP contribution in [0.1, 0.15) is 40.0 Å². The van der Waals surface area contributed by atoms with Crippen LogP contribution in [0.5, 0.6) is 0 Å². The zero-order chi connectivity index (χ0) is 13.9. The van der Waals surface area contributed by atoms with E-state index in [9.17, 15) is 14.7 Å². The second-order valence-corrected chi connectivity index (χ2v) is 5.97. The number of likely N-dealkylation sites (tertiary alicyclic amines) is 1. The minimum atomic E-state index is -0.909. The molecule has 5 nitrogen and oxygen atoms in total. The average Bonchev–Trinajstić information content (AvgIpc) is 2.26. The summed E-state index contributed by atoms with van der Waals surface area (Å²) < 4.78 is 0. The van der Waals surface area contributed by atoms with Crippen molar-refractivity contribution in [3.05, 3.63) is 0 Å². The van der Waals surface area contributed by atoms with Crippen molar-refractivity contribution in [1.82, 2.24) is 4.90 Å². The maximum absolute atomic E-state index is 12.2.